The third-order valence-corrected chi connectivity index (χ3v) is 5.12. The van der Waals surface area contributed by atoms with E-state index < -0.39 is 0 Å². The van der Waals surface area contributed by atoms with Crippen molar-refractivity contribution in [1.82, 2.24) is 15.1 Å². The Morgan fingerprint density at radius 1 is 1.23 bits per heavy atom. The molecule has 4 heteroatoms. The van der Waals surface area contributed by atoms with E-state index in [-0.39, 0.29) is 5.91 Å². The first kappa shape index (κ1) is 18.4. The van der Waals surface area contributed by atoms with E-state index in [4.69, 9.17) is 0 Å². The number of amides is 1. The van der Waals surface area contributed by atoms with Crippen LogP contribution in [0.15, 0.2) is 48.6 Å². The number of aromatic nitrogens is 2. The second-order valence-corrected chi connectivity index (χ2v) is 7.24. The highest BCUT2D eigenvalue weighted by Crippen LogP contribution is 2.21. The van der Waals surface area contributed by atoms with Crippen LogP contribution in [-0.4, -0.2) is 34.6 Å². The Morgan fingerprint density at radius 2 is 2.08 bits per heavy atom. The third kappa shape index (κ3) is 5.32. The van der Waals surface area contributed by atoms with Crippen molar-refractivity contribution in [2.45, 2.75) is 44.9 Å². The van der Waals surface area contributed by atoms with Gasteiger partial charge in [0.05, 0.1) is 5.69 Å². The fourth-order valence-corrected chi connectivity index (χ4v) is 3.46. The summed E-state index contributed by atoms with van der Waals surface area (Å²) in [6, 6.07) is 12.4. The lowest BCUT2D eigenvalue weighted by Crippen LogP contribution is -2.28. The molecule has 0 bridgehead atoms. The molecular formula is C22H29N3O. The van der Waals surface area contributed by atoms with Crippen LogP contribution in [-0.2, 0) is 11.2 Å². The van der Waals surface area contributed by atoms with Gasteiger partial charge in [-0.3, -0.25) is 9.89 Å². The van der Waals surface area contributed by atoms with E-state index in [1.54, 1.807) is 0 Å². The first-order valence-corrected chi connectivity index (χ1v) is 9.72. The van der Waals surface area contributed by atoms with Crippen LogP contribution in [0.2, 0.25) is 0 Å². The Hall–Kier alpha value is -2.36. The van der Waals surface area contributed by atoms with E-state index in [0.29, 0.717) is 12.3 Å². The van der Waals surface area contributed by atoms with Gasteiger partial charge >= 0.3 is 0 Å². The van der Waals surface area contributed by atoms with Crippen LogP contribution in [0.25, 0.3) is 11.3 Å². The van der Waals surface area contributed by atoms with Crippen molar-refractivity contribution >= 4 is 5.91 Å². The molecule has 1 amide bonds. The topological polar surface area (TPSA) is 49.0 Å². The Bertz CT molecular complexity index is 720. The first-order valence-electron chi connectivity index (χ1n) is 9.72. The average Bonchev–Trinajstić information content (AvgIpc) is 3.34. The minimum atomic E-state index is 0.280. The summed E-state index contributed by atoms with van der Waals surface area (Å²) in [7, 11) is 1.93. The van der Waals surface area contributed by atoms with Crippen molar-refractivity contribution in [2.24, 2.45) is 5.92 Å². The van der Waals surface area contributed by atoms with Crippen molar-refractivity contribution in [3.05, 3.63) is 54.2 Å². The molecule has 0 saturated carbocycles. The molecule has 0 radical (unpaired) electrons. The normalized spacial score (nSPS) is 16.1. The number of hydrogen-bond acceptors (Lipinski definition) is 2. The van der Waals surface area contributed by atoms with Crippen LogP contribution in [0.4, 0.5) is 0 Å². The molecule has 1 heterocycles. The van der Waals surface area contributed by atoms with Crippen molar-refractivity contribution in [1.29, 1.82) is 0 Å². The molecule has 0 aliphatic heterocycles. The number of carbonyl (C=O) groups excluding carboxylic acids is 1. The zero-order valence-corrected chi connectivity index (χ0v) is 15.7. The Kier molecular flexibility index (Phi) is 6.64. The molecule has 1 N–H and O–H groups in total. The second-order valence-electron chi connectivity index (χ2n) is 7.24. The van der Waals surface area contributed by atoms with Crippen molar-refractivity contribution in [2.75, 3.05) is 13.6 Å². The molecule has 1 unspecified atom stereocenters. The standard InChI is InChI=1S/C22H29N3O/c1-25(22(26)16-18-10-7-8-11-18)15-9-3-6-14-20-17-21(24-23-20)19-12-4-2-5-13-19/h2,4-5,7,10,12-13,17-18H,3,6,8-9,11,14-16H2,1H3,(H,23,24). The molecule has 1 aromatic carbocycles. The van der Waals surface area contributed by atoms with Gasteiger partial charge in [0.1, 0.15) is 0 Å². The number of nitrogens with zero attached hydrogens (tertiary/aromatic N) is 2. The van der Waals surface area contributed by atoms with Gasteiger partial charge in [-0.05, 0) is 44.1 Å². The molecule has 2 aromatic rings. The van der Waals surface area contributed by atoms with Gasteiger partial charge in [0.25, 0.3) is 0 Å². The first-order chi connectivity index (χ1) is 12.7. The highest BCUT2D eigenvalue weighted by Gasteiger charge is 2.16. The molecule has 4 nitrogen and oxygen atoms in total. The number of carbonyl (C=O) groups is 1. The minimum Gasteiger partial charge on any atom is -0.346 e. The number of nitrogens with one attached hydrogen (secondary N) is 1. The smallest absolute Gasteiger partial charge is 0.222 e. The zero-order chi connectivity index (χ0) is 18.2. The van der Waals surface area contributed by atoms with Gasteiger partial charge in [-0.25, -0.2) is 0 Å². The lowest BCUT2D eigenvalue weighted by atomic mass is 10.0. The Balaban J connectivity index is 1.32. The molecule has 0 fully saturated rings. The number of hydrogen-bond donors (Lipinski definition) is 1. The van der Waals surface area contributed by atoms with E-state index in [1.165, 1.54) is 5.69 Å². The number of aromatic amines is 1. The number of benzene rings is 1. The van der Waals surface area contributed by atoms with Gasteiger partial charge < -0.3 is 4.90 Å². The maximum absolute atomic E-state index is 12.2. The summed E-state index contributed by atoms with van der Waals surface area (Å²) >= 11 is 0. The predicted octanol–water partition coefficient (Wildman–Crippen LogP) is 4.60. The van der Waals surface area contributed by atoms with Crippen LogP contribution in [0, 0.1) is 5.92 Å². The quantitative estimate of drug-likeness (QED) is 0.530. The predicted molar refractivity (Wildman–Crippen MR) is 106 cm³/mol. The molecule has 3 rings (SSSR count). The number of allylic oxidation sites excluding steroid dienone is 2. The van der Waals surface area contributed by atoms with E-state index in [9.17, 15) is 4.79 Å². The number of aryl methyl sites for hydroxylation is 1. The van der Waals surface area contributed by atoms with Gasteiger partial charge in [0.2, 0.25) is 5.91 Å². The highest BCUT2D eigenvalue weighted by atomic mass is 16.2. The van der Waals surface area contributed by atoms with E-state index in [1.807, 2.05) is 30.1 Å². The highest BCUT2D eigenvalue weighted by molar-refractivity contribution is 5.76. The number of rotatable bonds is 9. The molecule has 0 spiro atoms. The van der Waals surface area contributed by atoms with E-state index in [0.717, 1.165) is 56.3 Å². The summed E-state index contributed by atoms with van der Waals surface area (Å²) in [5, 5.41) is 7.54. The monoisotopic (exact) mass is 351 g/mol. The van der Waals surface area contributed by atoms with Crippen LogP contribution in [0.3, 0.4) is 0 Å². The third-order valence-electron chi connectivity index (χ3n) is 5.12. The maximum atomic E-state index is 12.2. The van der Waals surface area contributed by atoms with Gasteiger partial charge in [0, 0.05) is 31.3 Å². The van der Waals surface area contributed by atoms with Crippen LogP contribution < -0.4 is 0 Å². The number of unbranched alkanes of at least 4 members (excludes halogenated alkanes) is 2. The zero-order valence-electron chi connectivity index (χ0n) is 15.7. The summed E-state index contributed by atoms with van der Waals surface area (Å²) in [6.45, 7) is 0.855. The summed E-state index contributed by atoms with van der Waals surface area (Å²) in [5.41, 5.74) is 3.33. The average molecular weight is 351 g/mol. The Labute approximate surface area is 156 Å². The van der Waals surface area contributed by atoms with Crippen LogP contribution in [0.1, 0.15) is 44.2 Å². The molecule has 1 aliphatic carbocycles. The van der Waals surface area contributed by atoms with Gasteiger partial charge in [-0.2, -0.15) is 5.10 Å². The van der Waals surface area contributed by atoms with Crippen molar-refractivity contribution < 1.29 is 4.79 Å². The largest absolute Gasteiger partial charge is 0.346 e. The molecule has 1 aromatic heterocycles. The van der Waals surface area contributed by atoms with Crippen LogP contribution >= 0.6 is 0 Å². The van der Waals surface area contributed by atoms with Gasteiger partial charge in [-0.15, -0.1) is 0 Å². The molecule has 26 heavy (non-hydrogen) atoms. The minimum absolute atomic E-state index is 0.280. The van der Waals surface area contributed by atoms with E-state index >= 15 is 0 Å². The van der Waals surface area contributed by atoms with Crippen molar-refractivity contribution in [3.8, 4) is 11.3 Å². The fraction of sp³-hybridized carbons (Fsp3) is 0.455. The number of H-pyrrole nitrogens is 1. The molecule has 138 valence electrons. The molecular weight excluding hydrogens is 322 g/mol. The summed E-state index contributed by atoms with van der Waals surface area (Å²) in [4.78, 5) is 14.1. The van der Waals surface area contributed by atoms with Gasteiger partial charge in [-0.1, -0.05) is 48.9 Å². The summed E-state index contributed by atoms with van der Waals surface area (Å²) in [5.74, 6) is 0.742. The van der Waals surface area contributed by atoms with Gasteiger partial charge in [0.15, 0.2) is 0 Å². The fourth-order valence-electron chi connectivity index (χ4n) is 3.46. The maximum Gasteiger partial charge on any atom is 0.222 e. The lowest BCUT2D eigenvalue weighted by molar-refractivity contribution is -0.130. The second kappa shape index (κ2) is 9.37. The SMILES string of the molecule is CN(CCCCCc1cc(-c2ccccc2)n[nH]1)C(=O)CC1C=CCC1. The Morgan fingerprint density at radius 3 is 2.85 bits per heavy atom. The van der Waals surface area contributed by atoms with E-state index in [2.05, 4.69) is 40.5 Å². The summed E-state index contributed by atoms with van der Waals surface area (Å²) in [6.07, 6.45) is 11.6. The molecule has 0 saturated heterocycles. The lowest BCUT2D eigenvalue weighted by Gasteiger charge is -2.18. The molecule has 1 atom stereocenters. The molecule has 1 aliphatic rings. The van der Waals surface area contributed by atoms with Crippen molar-refractivity contribution in [3.63, 3.8) is 0 Å². The van der Waals surface area contributed by atoms with Crippen LogP contribution in [0.5, 0.6) is 0 Å². The summed E-state index contributed by atoms with van der Waals surface area (Å²) < 4.78 is 0.